The number of urea groups is 1. The first-order valence-corrected chi connectivity index (χ1v) is 9.12. The van der Waals surface area contributed by atoms with Crippen LogP contribution in [0.25, 0.3) is 0 Å². The van der Waals surface area contributed by atoms with Crippen LogP contribution in [0.1, 0.15) is 17.3 Å². The number of aromatic nitrogens is 1. The molecule has 3 amide bonds. The average Bonchev–Trinajstić information content (AvgIpc) is 2.73. The number of rotatable bonds is 5. The van der Waals surface area contributed by atoms with Crippen molar-refractivity contribution in [2.45, 2.75) is 6.92 Å². The van der Waals surface area contributed by atoms with Crippen molar-refractivity contribution in [3.05, 3.63) is 54.2 Å². The fourth-order valence-electron chi connectivity index (χ4n) is 2.94. The molecule has 0 unspecified atom stereocenters. The standard InChI is InChI=1S/C20H23N5O3/c1-15(26)16-5-7-17(8-6-16)23-19(27)14-22-20(28)25-12-10-24(11-13-25)18-4-2-3-9-21-18/h2-9H,10-14H2,1H3,(H,22,28)(H,23,27). The minimum Gasteiger partial charge on any atom is -0.353 e. The number of carbonyl (C=O) groups is 3. The molecule has 146 valence electrons. The minimum atomic E-state index is -0.323. The summed E-state index contributed by atoms with van der Waals surface area (Å²) in [5.74, 6) is 0.544. The predicted octanol–water partition coefficient (Wildman–Crippen LogP) is 1.75. The highest BCUT2D eigenvalue weighted by atomic mass is 16.2. The van der Waals surface area contributed by atoms with E-state index in [0.717, 1.165) is 5.82 Å². The zero-order valence-electron chi connectivity index (χ0n) is 15.7. The van der Waals surface area contributed by atoms with Gasteiger partial charge in [0.15, 0.2) is 5.78 Å². The zero-order valence-corrected chi connectivity index (χ0v) is 15.7. The van der Waals surface area contributed by atoms with Gasteiger partial charge in [-0.2, -0.15) is 0 Å². The van der Waals surface area contributed by atoms with Crippen molar-refractivity contribution in [3.63, 3.8) is 0 Å². The van der Waals surface area contributed by atoms with Crippen molar-refractivity contribution in [1.82, 2.24) is 15.2 Å². The summed E-state index contributed by atoms with van der Waals surface area (Å²) in [5.41, 5.74) is 1.16. The molecule has 0 bridgehead atoms. The fourth-order valence-corrected chi connectivity index (χ4v) is 2.94. The fraction of sp³-hybridized carbons (Fsp3) is 0.300. The normalized spacial score (nSPS) is 13.8. The van der Waals surface area contributed by atoms with Gasteiger partial charge >= 0.3 is 6.03 Å². The van der Waals surface area contributed by atoms with Crippen molar-refractivity contribution in [3.8, 4) is 0 Å². The highest BCUT2D eigenvalue weighted by Gasteiger charge is 2.22. The smallest absolute Gasteiger partial charge is 0.317 e. The number of benzene rings is 1. The van der Waals surface area contributed by atoms with Crippen LogP contribution in [0.15, 0.2) is 48.7 Å². The van der Waals surface area contributed by atoms with Crippen molar-refractivity contribution in [2.24, 2.45) is 0 Å². The van der Waals surface area contributed by atoms with Gasteiger partial charge in [0.25, 0.3) is 0 Å². The maximum absolute atomic E-state index is 12.3. The molecule has 0 atom stereocenters. The van der Waals surface area contributed by atoms with E-state index in [1.54, 1.807) is 35.4 Å². The Morgan fingerprint density at radius 3 is 2.32 bits per heavy atom. The first-order valence-electron chi connectivity index (χ1n) is 9.12. The number of amides is 3. The van der Waals surface area contributed by atoms with Gasteiger partial charge in [-0.3, -0.25) is 9.59 Å². The van der Waals surface area contributed by atoms with Gasteiger partial charge in [-0.15, -0.1) is 0 Å². The molecule has 1 aromatic heterocycles. The van der Waals surface area contributed by atoms with E-state index in [4.69, 9.17) is 0 Å². The molecule has 1 aliphatic heterocycles. The summed E-state index contributed by atoms with van der Waals surface area (Å²) in [5, 5.41) is 5.34. The first kappa shape index (κ1) is 19.3. The molecule has 0 aliphatic carbocycles. The summed E-state index contributed by atoms with van der Waals surface area (Å²) in [7, 11) is 0. The largest absolute Gasteiger partial charge is 0.353 e. The molecule has 2 aromatic rings. The lowest BCUT2D eigenvalue weighted by Gasteiger charge is -2.35. The minimum absolute atomic E-state index is 0.0340. The number of pyridine rings is 1. The summed E-state index contributed by atoms with van der Waals surface area (Å²) in [6, 6.07) is 12.1. The highest BCUT2D eigenvalue weighted by Crippen LogP contribution is 2.12. The number of nitrogens with one attached hydrogen (secondary N) is 2. The quantitative estimate of drug-likeness (QED) is 0.770. The van der Waals surface area contributed by atoms with Gasteiger partial charge in [0.05, 0.1) is 6.54 Å². The molecule has 3 rings (SSSR count). The Morgan fingerprint density at radius 2 is 1.71 bits per heavy atom. The monoisotopic (exact) mass is 381 g/mol. The van der Waals surface area contributed by atoms with E-state index in [2.05, 4.69) is 20.5 Å². The summed E-state index contributed by atoms with van der Waals surface area (Å²) >= 11 is 0. The molecule has 2 heterocycles. The Kier molecular flexibility index (Phi) is 6.21. The number of hydrogen-bond acceptors (Lipinski definition) is 5. The molecule has 1 aliphatic rings. The van der Waals surface area contributed by atoms with Crippen molar-refractivity contribution in [1.29, 1.82) is 0 Å². The maximum Gasteiger partial charge on any atom is 0.317 e. The summed E-state index contributed by atoms with van der Waals surface area (Å²) < 4.78 is 0. The van der Waals surface area contributed by atoms with E-state index >= 15 is 0 Å². The van der Waals surface area contributed by atoms with Crippen molar-refractivity contribution >= 4 is 29.2 Å². The van der Waals surface area contributed by atoms with E-state index in [-0.39, 0.29) is 24.3 Å². The summed E-state index contributed by atoms with van der Waals surface area (Å²) in [6.07, 6.45) is 1.75. The number of Topliss-reactive ketones (excluding diaryl/α,β-unsaturated/α-hetero) is 1. The van der Waals surface area contributed by atoms with Crippen molar-refractivity contribution in [2.75, 3.05) is 42.9 Å². The van der Waals surface area contributed by atoms with E-state index in [9.17, 15) is 14.4 Å². The molecule has 2 N–H and O–H groups in total. The van der Waals surface area contributed by atoms with Crippen LogP contribution in [-0.4, -0.2) is 60.3 Å². The van der Waals surface area contributed by atoms with Crippen LogP contribution >= 0.6 is 0 Å². The Bertz CT molecular complexity index is 831. The lowest BCUT2D eigenvalue weighted by atomic mass is 10.1. The number of nitrogens with zero attached hydrogens (tertiary/aromatic N) is 3. The number of piperazine rings is 1. The highest BCUT2D eigenvalue weighted by molar-refractivity contribution is 5.96. The van der Waals surface area contributed by atoms with Crippen LogP contribution in [-0.2, 0) is 4.79 Å². The number of hydrogen-bond donors (Lipinski definition) is 2. The second-order valence-corrected chi connectivity index (χ2v) is 6.50. The van der Waals surface area contributed by atoms with Crippen LogP contribution in [0.3, 0.4) is 0 Å². The molecule has 8 heteroatoms. The molecule has 1 aromatic carbocycles. The van der Waals surface area contributed by atoms with Gasteiger partial charge < -0.3 is 20.4 Å². The molecule has 0 saturated carbocycles. The van der Waals surface area contributed by atoms with Crippen LogP contribution in [0, 0.1) is 0 Å². The lowest BCUT2D eigenvalue weighted by Crippen LogP contribution is -2.52. The number of carbonyl (C=O) groups excluding carboxylic acids is 3. The molecule has 1 saturated heterocycles. The second kappa shape index (κ2) is 8.98. The Morgan fingerprint density at radius 1 is 1.00 bits per heavy atom. The van der Waals surface area contributed by atoms with Crippen LogP contribution < -0.4 is 15.5 Å². The van der Waals surface area contributed by atoms with Gasteiger partial charge in [0.1, 0.15) is 5.82 Å². The predicted molar refractivity (Wildman–Crippen MR) is 106 cm³/mol. The zero-order chi connectivity index (χ0) is 19.9. The van der Waals surface area contributed by atoms with Gasteiger partial charge in [-0.25, -0.2) is 9.78 Å². The SMILES string of the molecule is CC(=O)c1ccc(NC(=O)CNC(=O)N2CCN(c3ccccn3)CC2)cc1. The third kappa shape index (κ3) is 5.06. The van der Waals surface area contributed by atoms with Crippen LogP contribution in [0.5, 0.6) is 0 Å². The maximum atomic E-state index is 12.3. The number of ketones is 1. The van der Waals surface area contributed by atoms with Crippen LogP contribution in [0.2, 0.25) is 0 Å². The average molecular weight is 381 g/mol. The Balaban J connectivity index is 1.41. The third-order valence-electron chi connectivity index (χ3n) is 4.52. The third-order valence-corrected chi connectivity index (χ3v) is 4.52. The molecular formula is C20H23N5O3. The Hall–Kier alpha value is -3.42. The number of anilines is 2. The van der Waals surface area contributed by atoms with Crippen LogP contribution in [0.4, 0.5) is 16.3 Å². The van der Waals surface area contributed by atoms with Gasteiger partial charge in [-0.1, -0.05) is 6.07 Å². The topological polar surface area (TPSA) is 94.6 Å². The van der Waals surface area contributed by atoms with Gasteiger partial charge in [-0.05, 0) is 43.3 Å². The summed E-state index contributed by atoms with van der Waals surface area (Å²) in [4.78, 5) is 43.7. The molecule has 0 spiro atoms. The summed E-state index contributed by atoms with van der Waals surface area (Å²) in [6.45, 7) is 3.89. The van der Waals surface area contributed by atoms with E-state index in [0.29, 0.717) is 37.4 Å². The van der Waals surface area contributed by atoms with E-state index in [1.165, 1.54) is 6.92 Å². The molecule has 0 radical (unpaired) electrons. The molecule has 8 nitrogen and oxygen atoms in total. The molecule has 28 heavy (non-hydrogen) atoms. The van der Waals surface area contributed by atoms with E-state index < -0.39 is 0 Å². The van der Waals surface area contributed by atoms with Gasteiger partial charge in [0, 0.05) is 43.6 Å². The Labute approximate surface area is 163 Å². The lowest BCUT2D eigenvalue weighted by molar-refractivity contribution is -0.115. The molecular weight excluding hydrogens is 358 g/mol. The van der Waals surface area contributed by atoms with E-state index in [1.807, 2.05) is 18.2 Å². The second-order valence-electron chi connectivity index (χ2n) is 6.50. The van der Waals surface area contributed by atoms with Crippen molar-refractivity contribution < 1.29 is 14.4 Å². The molecule has 1 fully saturated rings. The first-order chi connectivity index (χ1) is 13.5. The van der Waals surface area contributed by atoms with Gasteiger partial charge in [0.2, 0.25) is 5.91 Å².